The van der Waals surface area contributed by atoms with E-state index in [1.807, 2.05) is 30.3 Å². The molecule has 0 spiro atoms. The van der Waals surface area contributed by atoms with E-state index in [4.69, 9.17) is 5.73 Å². The first-order valence-corrected chi connectivity index (χ1v) is 9.08. The first-order chi connectivity index (χ1) is 12.2. The smallest absolute Gasteiger partial charge is 0.222 e. The van der Waals surface area contributed by atoms with Gasteiger partial charge in [0.2, 0.25) is 5.91 Å². The highest BCUT2D eigenvalue weighted by atomic mass is 35.5. The average Bonchev–Trinajstić information content (AvgIpc) is 3.14. The SMILES string of the molecule is Cl.Cl.NC(CC(=O)NCc1cccc(CN2CCCC2)c1)c1ccccc1. The second-order valence-electron chi connectivity index (χ2n) is 6.80. The van der Waals surface area contributed by atoms with Crippen molar-refractivity contribution in [2.75, 3.05) is 13.1 Å². The highest BCUT2D eigenvalue weighted by molar-refractivity contribution is 5.85. The van der Waals surface area contributed by atoms with Gasteiger partial charge in [0.15, 0.2) is 0 Å². The van der Waals surface area contributed by atoms with Crippen molar-refractivity contribution in [1.82, 2.24) is 10.2 Å². The lowest BCUT2D eigenvalue weighted by molar-refractivity contribution is -0.121. The van der Waals surface area contributed by atoms with Crippen LogP contribution in [-0.4, -0.2) is 23.9 Å². The van der Waals surface area contributed by atoms with Gasteiger partial charge in [-0.05, 0) is 42.6 Å². The van der Waals surface area contributed by atoms with Crippen LogP contribution in [0.4, 0.5) is 0 Å². The maximum absolute atomic E-state index is 12.2. The molecule has 1 atom stereocenters. The van der Waals surface area contributed by atoms with Gasteiger partial charge in [0.1, 0.15) is 0 Å². The number of rotatable bonds is 7. The number of hydrogen-bond donors (Lipinski definition) is 2. The Hall–Kier alpha value is -1.59. The topological polar surface area (TPSA) is 58.4 Å². The van der Waals surface area contributed by atoms with Crippen LogP contribution in [0, 0.1) is 0 Å². The molecule has 0 saturated carbocycles. The molecule has 4 nitrogen and oxygen atoms in total. The van der Waals surface area contributed by atoms with Gasteiger partial charge in [-0.25, -0.2) is 0 Å². The molecule has 2 aromatic carbocycles. The van der Waals surface area contributed by atoms with E-state index in [2.05, 4.69) is 34.5 Å². The van der Waals surface area contributed by atoms with Crippen LogP contribution in [0.25, 0.3) is 0 Å². The van der Waals surface area contributed by atoms with E-state index in [0.717, 1.165) is 17.7 Å². The number of halogens is 2. The number of nitrogens with zero attached hydrogens (tertiary/aromatic N) is 1. The average molecular weight is 410 g/mol. The van der Waals surface area contributed by atoms with Crippen LogP contribution in [-0.2, 0) is 17.9 Å². The van der Waals surface area contributed by atoms with E-state index in [9.17, 15) is 4.79 Å². The zero-order chi connectivity index (χ0) is 17.5. The summed E-state index contributed by atoms with van der Waals surface area (Å²) in [5.41, 5.74) is 9.56. The van der Waals surface area contributed by atoms with E-state index < -0.39 is 0 Å². The summed E-state index contributed by atoms with van der Waals surface area (Å²) in [5.74, 6) is -0.0127. The summed E-state index contributed by atoms with van der Waals surface area (Å²) in [7, 11) is 0. The summed E-state index contributed by atoms with van der Waals surface area (Å²) in [6, 6.07) is 18.0. The summed E-state index contributed by atoms with van der Waals surface area (Å²) in [6.45, 7) is 3.94. The molecule has 3 N–H and O–H groups in total. The van der Waals surface area contributed by atoms with Crippen molar-refractivity contribution < 1.29 is 4.79 Å². The first kappa shape index (κ1) is 23.4. The zero-order valence-electron chi connectivity index (χ0n) is 15.5. The predicted octanol–water partition coefficient (Wildman–Crippen LogP) is 3.83. The monoisotopic (exact) mass is 409 g/mol. The highest BCUT2D eigenvalue weighted by Gasteiger charge is 2.13. The quantitative estimate of drug-likeness (QED) is 0.730. The van der Waals surface area contributed by atoms with Crippen LogP contribution in [0.5, 0.6) is 0 Å². The van der Waals surface area contributed by atoms with E-state index in [0.29, 0.717) is 13.0 Å². The Morgan fingerprint density at radius 3 is 2.37 bits per heavy atom. The molecule has 27 heavy (non-hydrogen) atoms. The summed E-state index contributed by atoms with van der Waals surface area (Å²) in [4.78, 5) is 14.6. The molecule has 1 saturated heterocycles. The molecule has 1 unspecified atom stereocenters. The van der Waals surface area contributed by atoms with Crippen LogP contribution in [0.3, 0.4) is 0 Å². The van der Waals surface area contributed by atoms with Crippen molar-refractivity contribution in [3.05, 3.63) is 71.3 Å². The van der Waals surface area contributed by atoms with Gasteiger partial charge in [-0.2, -0.15) is 0 Å². The number of nitrogens with one attached hydrogen (secondary N) is 1. The van der Waals surface area contributed by atoms with Gasteiger partial charge in [-0.3, -0.25) is 9.69 Å². The number of hydrogen-bond acceptors (Lipinski definition) is 3. The van der Waals surface area contributed by atoms with Crippen LogP contribution in [0.15, 0.2) is 54.6 Å². The van der Waals surface area contributed by atoms with Crippen LogP contribution < -0.4 is 11.1 Å². The molecule has 1 amide bonds. The Kier molecular flexibility index (Phi) is 10.4. The van der Waals surface area contributed by atoms with Gasteiger partial charge in [-0.15, -0.1) is 24.8 Å². The summed E-state index contributed by atoms with van der Waals surface area (Å²) in [6.07, 6.45) is 2.91. The normalized spacial score (nSPS) is 14.7. The summed E-state index contributed by atoms with van der Waals surface area (Å²) >= 11 is 0. The molecular formula is C21H29Cl2N3O. The van der Waals surface area contributed by atoms with E-state index in [1.54, 1.807) is 0 Å². The molecule has 0 radical (unpaired) electrons. The maximum Gasteiger partial charge on any atom is 0.222 e. The van der Waals surface area contributed by atoms with Crippen molar-refractivity contribution >= 4 is 30.7 Å². The van der Waals surface area contributed by atoms with Crippen molar-refractivity contribution in [2.45, 2.75) is 38.4 Å². The standard InChI is InChI=1S/C21H27N3O.2ClH/c22-20(19-9-2-1-3-10-19)14-21(25)23-15-17-7-6-8-18(13-17)16-24-11-4-5-12-24;;/h1-3,6-10,13,20H,4-5,11-12,14-16,22H2,(H,23,25);2*1H. The van der Waals surface area contributed by atoms with Gasteiger partial charge in [-0.1, -0.05) is 54.6 Å². The van der Waals surface area contributed by atoms with Gasteiger partial charge in [0.05, 0.1) is 0 Å². The fourth-order valence-corrected chi connectivity index (χ4v) is 3.33. The van der Waals surface area contributed by atoms with E-state index in [-0.39, 0.29) is 36.8 Å². The maximum atomic E-state index is 12.2. The van der Waals surface area contributed by atoms with Crippen molar-refractivity contribution in [3.8, 4) is 0 Å². The Balaban J connectivity index is 0.00000182. The lowest BCUT2D eigenvalue weighted by atomic mass is 10.0. The Labute approximate surface area is 174 Å². The molecule has 1 aliphatic heterocycles. The van der Waals surface area contributed by atoms with Crippen LogP contribution in [0.1, 0.15) is 42.0 Å². The molecule has 1 heterocycles. The Morgan fingerprint density at radius 1 is 1.00 bits per heavy atom. The second-order valence-corrected chi connectivity index (χ2v) is 6.80. The van der Waals surface area contributed by atoms with Crippen molar-refractivity contribution in [3.63, 3.8) is 0 Å². The van der Waals surface area contributed by atoms with Crippen LogP contribution >= 0.6 is 24.8 Å². The Morgan fingerprint density at radius 2 is 1.67 bits per heavy atom. The molecule has 0 aromatic heterocycles. The van der Waals surface area contributed by atoms with Gasteiger partial charge in [0, 0.05) is 25.6 Å². The van der Waals surface area contributed by atoms with Crippen molar-refractivity contribution in [2.24, 2.45) is 5.73 Å². The molecule has 2 aromatic rings. The molecule has 0 aliphatic carbocycles. The number of amides is 1. The number of benzene rings is 2. The largest absolute Gasteiger partial charge is 0.352 e. The molecule has 0 bridgehead atoms. The second kappa shape index (κ2) is 12.0. The summed E-state index contributed by atoms with van der Waals surface area (Å²) < 4.78 is 0. The number of carbonyl (C=O) groups is 1. The number of carbonyl (C=O) groups excluding carboxylic acids is 1. The molecule has 6 heteroatoms. The zero-order valence-corrected chi connectivity index (χ0v) is 17.1. The first-order valence-electron chi connectivity index (χ1n) is 9.08. The van der Waals surface area contributed by atoms with Gasteiger partial charge >= 0.3 is 0 Å². The van der Waals surface area contributed by atoms with Crippen molar-refractivity contribution in [1.29, 1.82) is 0 Å². The minimum Gasteiger partial charge on any atom is -0.352 e. The molecule has 3 rings (SSSR count). The third-order valence-electron chi connectivity index (χ3n) is 4.72. The minimum absolute atomic E-state index is 0. The molecular weight excluding hydrogens is 381 g/mol. The van der Waals surface area contributed by atoms with Crippen LogP contribution in [0.2, 0.25) is 0 Å². The number of nitrogens with two attached hydrogens (primary N) is 1. The molecule has 148 valence electrons. The minimum atomic E-state index is -0.261. The van der Waals surface area contributed by atoms with E-state index >= 15 is 0 Å². The fourth-order valence-electron chi connectivity index (χ4n) is 3.33. The third kappa shape index (κ3) is 7.51. The number of likely N-dealkylation sites (tertiary alicyclic amines) is 1. The Bertz CT molecular complexity index is 691. The fraction of sp³-hybridized carbons (Fsp3) is 0.381. The predicted molar refractivity (Wildman–Crippen MR) is 115 cm³/mol. The third-order valence-corrected chi connectivity index (χ3v) is 4.72. The van der Waals surface area contributed by atoms with Gasteiger partial charge < -0.3 is 11.1 Å². The van der Waals surface area contributed by atoms with E-state index in [1.165, 1.54) is 31.5 Å². The summed E-state index contributed by atoms with van der Waals surface area (Å²) in [5, 5.41) is 2.99. The molecule has 1 fully saturated rings. The van der Waals surface area contributed by atoms with Gasteiger partial charge in [0.25, 0.3) is 0 Å². The lowest BCUT2D eigenvalue weighted by Crippen LogP contribution is -2.27. The lowest BCUT2D eigenvalue weighted by Gasteiger charge is -2.15. The molecule has 1 aliphatic rings. The highest BCUT2D eigenvalue weighted by Crippen LogP contribution is 2.15.